The number of amides is 1. The average molecular weight is 407 g/mol. The van der Waals surface area contributed by atoms with Gasteiger partial charge in [-0.05, 0) is 43.7 Å². The highest BCUT2D eigenvalue weighted by molar-refractivity contribution is 5.92. The van der Waals surface area contributed by atoms with E-state index in [4.69, 9.17) is 5.41 Å². The van der Waals surface area contributed by atoms with Crippen molar-refractivity contribution in [3.8, 4) is 11.4 Å². The molecule has 0 saturated heterocycles. The van der Waals surface area contributed by atoms with Gasteiger partial charge in [-0.15, -0.1) is 0 Å². The summed E-state index contributed by atoms with van der Waals surface area (Å²) in [7, 11) is 1.55. The maximum absolute atomic E-state index is 14.3. The number of carbonyl (C=O) groups excluding carboxylic acids is 1. The summed E-state index contributed by atoms with van der Waals surface area (Å²) in [5, 5.41) is 16.4. The number of rotatable bonds is 7. The molecule has 1 amide bonds. The Hall–Kier alpha value is -3.88. The fraction of sp³-hybridized carbons (Fsp3) is 0.190. The van der Waals surface area contributed by atoms with Crippen LogP contribution in [0.25, 0.3) is 11.4 Å². The molecule has 154 valence electrons. The molecule has 0 aliphatic heterocycles. The second-order valence-corrected chi connectivity index (χ2v) is 6.58. The molecule has 0 aliphatic carbocycles. The Balaban J connectivity index is 1.99. The van der Waals surface area contributed by atoms with Crippen LogP contribution >= 0.6 is 0 Å². The van der Waals surface area contributed by atoms with Gasteiger partial charge in [0.1, 0.15) is 11.4 Å². The van der Waals surface area contributed by atoms with Gasteiger partial charge in [0.05, 0.1) is 23.6 Å². The zero-order valence-electron chi connectivity index (χ0n) is 16.9. The number of halogens is 1. The minimum Gasteiger partial charge on any atom is -0.373 e. The first-order chi connectivity index (χ1) is 14.4. The van der Waals surface area contributed by atoms with Crippen LogP contribution in [0.4, 0.5) is 21.5 Å². The van der Waals surface area contributed by atoms with Gasteiger partial charge in [0, 0.05) is 37.0 Å². The molecule has 9 heteroatoms. The number of carbonyl (C=O) groups is 1. The lowest BCUT2D eigenvalue weighted by Gasteiger charge is -2.17. The normalized spacial score (nSPS) is 10.4. The summed E-state index contributed by atoms with van der Waals surface area (Å²) >= 11 is 0. The van der Waals surface area contributed by atoms with Crippen LogP contribution in [0.15, 0.2) is 36.7 Å². The lowest BCUT2D eigenvalue weighted by atomic mass is 10.1. The molecule has 4 N–H and O–H groups in total. The summed E-state index contributed by atoms with van der Waals surface area (Å²) in [5.74, 6) is -0.657. The van der Waals surface area contributed by atoms with Crippen LogP contribution in [0.3, 0.4) is 0 Å². The van der Waals surface area contributed by atoms with Crippen molar-refractivity contribution in [1.29, 1.82) is 5.41 Å². The van der Waals surface area contributed by atoms with E-state index in [2.05, 4.69) is 30.9 Å². The molecule has 0 spiro atoms. The van der Waals surface area contributed by atoms with Crippen molar-refractivity contribution in [2.45, 2.75) is 13.8 Å². The third-order valence-electron chi connectivity index (χ3n) is 4.42. The second kappa shape index (κ2) is 9.08. The van der Waals surface area contributed by atoms with Crippen molar-refractivity contribution in [2.24, 2.45) is 0 Å². The molecule has 0 aliphatic rings. The monoisotopic (exact) mass is 407 g/mol. The standard InChI is InChI=1S/C21H22FN7O/c1-12-10-26-17(20-14(22)5-4-13(2)28-20)8-16(12)29-15-6-7-25-18(9-23)21(15)27-11-19(30)24-3/h4-10,23,27H,11H2,1-3H3,(H,24,30)(H,25,26,29). The Morgan fingerprint density at radius 2 is 2.00 bits per heavy atom. The predicted molar refractivity (Wildman–Crippen MR) is 115 cm³/mol. The zero-order chi connectivity index (χ0) is 21.7. The molecule has 3 aromatic rings. The van der Waals surface area contributed by atoms with Crippen LogP contribution in [0.5, 0.6) is 0 Å². The van der Waals surface area contributed by atoms with Crippen molar-refractivity contribution in [3.05, 3.63) is 59.4 Å². The van der Waals surface area contributed by atoms with Crippen LogP contribution in [0, 0.1) is 25.1 Å². The van der Waals surface area contributed by atoms with E-state index < -0.39 is 5.82 Å². The minimum atomic E-state index is -0.453. The van der Waals surface area contributed by atoms with Crippen molar-refractivity contribution in [3.63, 3.8) is 0 Å². The van der Waals surface area contributed by atoms with Crippen LogP contribution in [-0.2, 0) is 4.79 Å². The SMILES string of the molecule is CNC(=O)CNc1c(Nc2cc(-c3nc(C)ccc3F)ncc2C)ccnc1C=N. The molecule has 0 fully saturated rings. The average Bonchev–Trinajstić information content (AvgIpc) is 2.75. The second-order valence-electron chi connectivity index (χ2n) is 6.58. The van der Waals surface area contributed by atoms with E-state index >= 15 is 0 Å². The smallest absolute Gasteiger partial charge is 0.239 e. The number of anilines is 3. The summed E-state index contributed by atoms with van der Waals surface area (Å²) < 4.78 is 14.3. The Morgan fingerprint density at radius 1 is 1.20 bits per heavy atom. The van der Waals surface area contributed by atoms with Crippen molar-refractivity contribution < 1.29 is 9.18 Å². The summed E-state index contributed by atoms with van der Waals surface area (Å²) in [6.45, 7) is 3.68. The molecule has 0 unspecified atom stereocenters. The largest absolute Gasteiger partial charge is 0.373 e. The van der Waals surface area contributed by atoms with Crippen molar-refractivity contribution >= 4 is 29.2 Å². The molecule has 0 saturated carbocycles. The van der Waals surface area contributed by atoms with E-state index in [0.29, 0.717) is 34.1 Å². The Bertz CT molecular complexity index is 1100. The number of likely N-dealkylation sites (N-methyl/N-ethyl adjacent to an activating group) is 1. The molecule has 3 aromatic heterocycles. The molecule has 0 bridgehead atoms. The highest BCUT2D eigenvalue weighted by atomic mass is 19.1. The van der Waals surface area contributed by atoms with Gasteiger partial charge in [-0.1, -0.05) is 0 Å². The molecule has 3 heterocycles. The number of aryl methyl sites for hydroxylation is 2. The van der Waals surface area contributed by atoms with Gasteiger partial charge >= 0.3 is 0 Å². The van der Waals surface area contributed by atoms with E-state index in [1.807, 2.05) is 6.92 Å². The van der Waals surface area contributed by atoms with Gasteiger partial charge in [0.15, 0.2) is 5.82 Å². The lowest BCUT2D eigenvalue weighted by Crippen LogP contribution is -2.26. The molecule has 0 aromatic carbocycles. The molecule has 0 atom stereocenters. The predicted octanol–water partition coefficient (Wildman–Crippen LogP) is 3.19. The topological polar surface area (TPSA) is 116 Å². The summed E-state index contributed by atoms with van der Waals surface area (Å²) in [4.78, 5) is 24.4. The van der Waals surface area contributed by atoms with Crippen LogP contribution < -0.4 is 16.0 Å². The minimum absolute atomic E-state index is 0.0245. The van der Waals surface area contributed by atoms with Gasteiger partial charge in [-0.25, -0.2) is 9.37 Å². The van der Waals surface area contributed by atoms with Gasteiger partial charge in [-0.2, -0.15) is 0 Å². The van der Waals surface area contributed by atoms with Crippen molar-refractivity contribution in [1.82, 2.24) is 20.3 Å². The van der Waals surface area contributed by atoms with E-state index in [1.54, 1.807) is 44.6 Å². The van der Waals surface area contributed by atoms with Gasteiger partial charge < -0.3 is 21.4 Å². The van der Waals surface area contributed by atoms with Gasteiger partial charge in [0.2, 0.25) is 5.91 Å². The first kappa shape index (κ1) is 20.8. The number of hydrogen-bond donors (Lipinski definition) is 4. The molecular weight excluding hydrogens is 385 g/mol. The Morgan fingerprint density at radius 3 is 2.73 bits per heavy atom. The number of hydrogen-bond acceptors (Lipinski definition) is 7. The van der Waals surface area contributed by atoms with Crippen LogP contribution in [0.1, 0.15) is 17.0 Å². The molecule has 3 rings (SSSR count). The van der Waals surface area contributed by atoms with Gasteiger partial charge in [0.25, 0.3) is 0 Å². The summed E-state index contributed by atoms with van der Waals surface area (Å²) in [6, 6.07) is 6.41. The zero-order valence-corrected chi connectivity index (χ0v) is 16.9. The highest BCUT2D eigenvalue weighted by Crippen LogP contribution is 2.30. The van der Waals surface area contributed by atoms with Crippen LogP contribution in [0.2, 0.25) is 0 Å². The molecule has 30 heavy (non-hydrogen) atoms. The quantitative estimate of drug-likeness (QED) is 0.447. The maximum Gasteiger partial charge on any atom is 0.239 e. The molecule has 0 radical (unpaired) electrons. The summed E-state index contributed by atoms with van der Waals surface area (Å²) in [5.41, 5.74) is 4.27. The maximum atomic E-state index is 14.3. The van der Waals surface area contributed by atoms with Crippen LogP contribution in [-0.4, -0.2) is 40.7 Å². The fourth-order valence-corrected chi connectivity index (χ4v) is 2.79. The van der Waals surface area contributed by atoms with E-state index in [-0.39, 0.29) is 18.1 Å². The third kappa shape index (κ3) is 4.57. The first-order valence-corrected chi connectivity index (χ1v) is 9.24. The first-order valence-electron chi connectivity index (χ1n) is 9.24. The Labute approximate surface area is 173 Å². The highest BCUT2D eigenvalue weighted by Gasteiger charge is 2.14. The molecule has 8 nitrogen and oxygen atoms in total. The number of nitrogens with zero attached hydrogens (tertiary/aromatic N) is 3. The lowest BCUT2D eigenvalue weighted by molar-refractivity contribution is -0.118. The van der Waals surface area contributed by atoms with E-state index in [1.165, 1.54) is 6.07 Å². The Kier molecular flexibility index (Phi) is 6.31. The van der Waals surface area contributed by atoms with Crippen molar-refractivity contribution in [2.75, 3.05) is 24.2 Å². The third-order valence-corrected chi connectivity index (χ3v) is 4.42. The van der Waals surface area contributed by atoms with E-state index in [0.717, 1.165) is 11.8 Å². The van der Waals surface area contributed by atoms with E-state index in [9.17, 15) is 9.18 Å². The van der Waals surface area contributed by atoms with Gasteiger partial charge in [-0.3, -0.25) is 14.8 Å². The fourth-order valence-electron chi connectivity index (χ4n) is 2.79. The summed E-state index contributed by atoms with van der Waals surface area (Å²) in [6.07, 6.45) is 4.30. The number of aromatic nitrogens is 3. The number of nitrogens with one attached hydrogen (secondary N) is 4. The molecular formula is C21H22FN7O. The number of pyridine rings is 3.